The number of nitriles is 2. The average Bonchev–Trinajstić information content (AvgIpc) is 2.45. The van der Waals surface area contributed by atoms with E-state index < -0.39 is 0 Å². The largest absolute Gasteiger partial charge is 0.386 e. The van der Waals surface area contributed by atoms with Gasteiger partial charge in [0.05, 0.1) is 10.0 Å². The van der Waals surface area contributed by atoms with Gasteiger partial charge in [-0.1, -0.05) is 35.3 Å². The third-order valence-electron chi connectivity index (χ3n) is 2.71. The van der Waals surface area contributed by atoms with Crippen LogP contribution in [-0.2, 0) is 6.42 Å². The minimum absolute atomic E-state index is 0.318. The molecule has 0 saturated carbocycles. The molecule has 0 spiro atoms. The van der Waals surface area contributed by atoms with Gasteiger partial charge in [0.2, 0.25) is 0 Å². The van der Waals surface area contributed by atoms with Crippen molar-refractivity contribution in [3.8, 4) is 24.0 Å². The summed E-state index contributed by atoms with van der Waals surface area (Å²) < 4.78 is 9.42. The summed E-state index contributed by atoms with van der Waals surface area (Å²) in [7, 11) is 0. The molecule has 0 fully saturated rings. The Kier molecular flexibility index (Phi) is 4.90. The first-order valence-electron chi connectivity index (χ1n) is 5.82. The standard InChI is InChI=1S/C15H8Cl2N2O2/c16-12-6-10(1-3-14(12)20-8-18)5-11-2-4-15(21-9-19)13(17)7-11/h1-4,6-7H,5H2. The third-order valence-corrected chi connectivity index (χ3v) is 3.30. The smallest absolute Gasteiger partial charge is 0.292 e. The number of benzene rings is 2. The highest BCUT2D eigenvalue weighted by molar-refractivity contribution is 6.32. The molecule has 0 N–H and O–H groups in total. The van der Waals surface area contributed by atoms with Crippen molar-refractivity contribution in [3.63, 3.8) is 0 Å². The summed E-state index contributed by atoms with van der Waals surface area (Å²) in [4.78, 5) is 0. The van der Waals surface area contributed by atoms with Crippen molar-refractivity contribution in [2.45, 2.75) is 6.42 Å². The number of nitrogens with zero attached hydrogens (tertiary/aromatic N) is 2. The Bertz CT molecular complexity index is 685. The first kappa shape index (κ1) is 15.0. The van der Waals surface area contributed by atoms with Crippen LogP contribution < -0.4 is 9.47 Å². The molecule has 2 aromatic carbocycles. The van der Waals surface area contributed by atoms with Crippen LogP contribution in [0.5, 0.6) is 11.5 Å². The summed E-state index contributed by atoms with van der Waals surface area (Å²) in [6, 6.07) is 10.3. The fourth-order valence-electron chi connectivity index (χ4n) is 1.81. The molecular weight excluding hydrogens is 311 g/mol. The molecule has 0 heterocycles. The minimum Gasteiger partial charge on any atom is -0.386 e. The van der Waals surface area contributed by atoms with Gasteiger partial charge in [-0.2, -0.15) is 0 Å². The number of halogens is 2. The molecule has 0 atom stereocenters. The van der Waals surface area contributed by atoms with E-state index in [1.54, 1.807) is 36.8 Å². The molecule has 21 heavy (non-hydrogen) atoms. The van der Waals surface area contributed by atoms with Crippen LogP contribution in [0.3, 0.4) is 0 Å². The Morgan fingerprint density at radius 3 is 1.57 bits per heavy atom. The van der Waals surface area contributed by atoms with Gasteiger partial charge in [-0.25, -0.2) is 0 Å². The fraction of sp³-hybridized carbons (Fsp3) is 0.0667. The van der Waals surface area contributed by atoms with E-state index in [1.165, 1.54) is 0 Å². The van der Waals surface area contributed by atoms with Gasteiger partial charge in [0, 0.05) is 0 Å². The predicted molar refractivity (Wildman–Crippen MR) is 78.2 cm³/mol. The molecule has 0 aliphatic rings. The van der Waals surface area contributed by atoms with Crippen LogP contribution in [0.4, 0.5) is 0 Å². The fourth-order valence-corrected chi connectivity index (χ4v) is 2.29. The molecular formula is C15H8Cl2N2O2. The number of rotatable bonds is 4. The van der Waals surface area contributed by atoms with Crippen LogP contribution in [0.2, 0.25) is 10.0 Å². The normalized spacial score (nSPS) is 9.52. The Morgan fingerprint density at radius 1 is 0.810 bits per heavy atom. The van der Waals surface area contributed by atoms with Crippen molar-refractivity contribution in [2.75, 3.05) is 0 Å². The third kappa shape index (κ3) is 3.79. The Balaban J connectivity index is 2.19. The molecule has 4 nitrogen and oxygen atoms in total. The molecule has 0 aliphatic heterocycles. The highest BCUT2D eigenvalue weighted by Crippen LogP contribution is 2.29. The lowest BCUT2D eigenvalue weighted by atomic mass is 10.0. The van der Waals surface area contributed by atoms with Gasteiger partial charge < -0.3 is 9.47 Å². The van der Waals surface area contributed by atoms with Crippen LogP contribution in [0.15, 0.2) is 36.4 Å². The Morgan fingerprint density at radius 2 is 1.24 bits per heavy atom. The van der Waals surface area contributed by atoms with Crippen LogP contribution in [0.25, 0.3) is 0 Å². The van der Waals surface area contributed by atoms with E-state index in [2.05, 4.69) is 0 Å². The predicted octanol–water partition coefficient (Wildman–Crippen LogP) is 4.30. The average molecular weight is 319 g/mol. The lowest BCUT2D eigenvalue weighted by molar-refractivity contribution is 0.507. The van der Waals surface area contributed by atoms with Crippen LogP contribution in [0.1, 0.15) is 11.1 Å². The van der Waals surface area contributed by atoms with Crippen molar-refractivity contribution in [1.82, 2.24) is 0 Å². The van der Waals surface area contributed by atoms with Gasteiger partial charge in [-0.05, 0) is 41.8 Å². The first-order valence-corrected chi connectivity index (χ1v) is 6.58. The SMILES string of the molecule is N#COc1ccc(Cc2ccc(OC#N)c(Cl)c2)cc1Cl. The summed E-state index contributed by atoms with van der Waals surface area (Å²) in [6.45, 7) is 0. The molecule has 2 rings (SSSR count). The van der Waals surface area contributed by atoms with Crippen molar-refractivity contribution in [3.05, 3.63) is 57.6 Å². The van der Waals surface area contributed by atoms with Gasteiger partial charge in [0.15, 0.2) is 11.5 Å². The van der Waals surface area contributed by atoms with Crippen LogP contribution in [-0.4, -0.2) is 0 Å². The van der Waals surface area contributed by atoms with Gasteiger partial charge >= 0.3 is 0 Å². The summed E-state index contributed by atoms with van der Waals surface area (Å²) in [5.74, 6) is 0.637. The van der Waals surface area contributed by atoms with E-state index in [0.29, 0.717) is 28.0 Å². The van der Waals surface area contributed by atoms with E-state index in [-0.39, 0.29) is 0 Å². The maximum absolute atomic E-state index is 8.47. The first-order chi connectivity index (χ1) is 10.1. The maximum atomic E-state index is 8.47. The molecule has 0 unspecified atom stereocenters. The summed E-state index contributed by atoms with van der Waals surface area (Å²) in [5, 5.41) is 17.7. The van der Waals surface area contributed by atoms with Crippen LogP contribution >= 0.6 is 23.2 Å². The van der Waals surface area contributed by atoms with Gasteiger partial charge in [0.1, 0.15) is 0 Å². The van der Waals surface area contributed by atoms with E-state index in [9.17, 15) is 0 Å². The Hall–Kier alpha value is -2.40. The van der Waals surface area contributed by atoms with E-state index in [4.69, 9.17) is 43.2 Å². The molecule has 0 aliphatic carbocycles. The van der Waals surface area contributed by atoms with Crippen LogP contribution in [0, 0.1) is 23.0 Å². The molecule has 0 bridgehead atoms. The van der Waals surface area contributed by atoms with E-state index in [0.717, 1.165) is 11.1 Å². The summed E-state index contributed by atoms with van der Waals surface area (Å²) >= 11 is 12.0. The highest BCUT2D eigenvalue weighted by atomic mass is 35.5. The molecule has 0 amide bonds. The molecule has 0 aromatic heterocycles. The van der Waals surface area contributed by atoms with Gasteiger partial charge in [-0.15, -0.1) is 10.5 Å². The number of hydrogen-bond donors (Lipinski definition) is 0. The topological polar surface area (TPSA) is 66.0 Å². The van der Waals surface area contributed by atoms with Gasteiger partial charge in [-0.3, -0.25) is 0 Å². The lowest BCUT2D eigenvalue weighted by Gasteiger charge is -2.07. The zero-order valence-electron chi connectivity index (χ0n) is 10.6. The molecule has 6 heteroatoms. The maximum Gasteiger partial charge on any atom is 0.292 e. The molecule has 0 radical (unpaired) electrons. The second-order valence-corrected chi connectivity index (χ2v) is 4.91. The van der Waals surface area contributed by atoms with Crippen molar-refractivity contribution >= 4 is 23.2 Å². The molecule has 0 saturated heterocycles. The lowest BCUT2D eigenvalue weighted by Crippen LogP contribution is -1.91. The second-order valence-electron chi connectivity index (χ2n) is 4.09. The van der Waals surface area contributed by atoms with Gasteiger partial charge in [0.25, 0.3) is 12.5 Å². The monoisotopic (exact) mass is 318 g/mol. The van der Waals surface area contributed by atoms with Crippen molar-refractivity contribution in [1.29, 1.82) is 10.5 Å². The number of ether oxygens (including phenoxy) is 2. The van der Waals surface area contributed by atoms with Crippen molar-refractivity contribution in [2.24, 2.45) is 0 Å². The minimum atomic E-state index is 0.318. The molecule has 104 valence electrons. The zero-order chi connectivity index (χ0) is 15.2. The zero-order valence-corrected chi connectivity index (χ0v) is 12.1. The van der Waals surface area contributed by atoms with E-state index in [1.807, 2.05) is 12.1 Å². The molecule has 2 aromatic rings. The second kappa shape index (κ2) is 6.85. The highest BCUT2D eigenvalue weighted by Gasteiger charge is 2.07. The van der Waals surface area contributed by atoms with E-state index >= 15 is 0 Å². The quantitative estimate of drug-likeness (QED) is 0.788. The summed E-state index contributed by atoms with van der Waals surface area (Å²) in [5.41, 5.74) is 1.88. The Labute approximate surface area is 131 Å². The summed E-state index contributed by atoms with van der Waals surface area (Å²) in [6.07, 6.45) is 3.75. The van der Waals surface area contributed by atoms with Crippen molar-refractivity contribution < 1.29 is 9.47 Å². The number of hydrogen-bond acceptors (Lipinski definition) is 4.